The van der Waals surface area contributed by atoms with Crippen molar-refractivity contribution in [1.29, 1.82) is 0 Å². The molecule has 0 aliphatic carbocycles. The zero-order valence-corrected chi connectivity index (χ0v) is 9.44. The van der Waals surface area contributed by atoms with Crippen LogP contribution in [0.2, 0.25) is 0 Å². The fourth-order valence-electron chi connectivity index (χ4n) is 1.61. The monoisotopic (exact) mass is 234 g/mol. The Kier molecular flexibility index (Phi) is 2.86. The highest BCUT2D eigenvalue weighted by atomic mass is 19.1. The summed E-state index contributed by atoms with van der Waals surface area (Å²) in [5.41, 5.74) is 1.13. The van der Waals surface area contributed by atoms with Gasteiger partial charge in [-0.25, -0.2) is 9.37 Å². The Morgan fingerprint density at radius 3 is 3.00 bits per heavy atom. The van der Waals surface area contributed by atoms with Gasteiger partial charge < -0.3 is 9.88 Å². The van der Waals surface area contributed by atoms with Crippen molar-refractivity contribution in [2.24, 2.45) is 12.0 Å². The molecule has 88 valence electrons. The van der Waals surface area contributed by atoms with Gasteiger partial charge in [0.15, 0.2) is 12.1 Å². The number of benzene rings is 1. The number of nitrogens with zero attached hydrogens (tertiary/aromatic N) is 3. The summed E-state index contributed by atoms with van der Waals surface area (Å²) in [5.74, 6) is -0.551. The van der Waals surface area contributed by atoms with Crippen LogP contribution in [0.1, 0.15) is 10.4 Å². The lowest BCUT2D eigenvalue weighted by atomic mass is 10.1. The summed E-state index contributed by atoms with van der Waals surface area (Å²) in [7, 11) is 3.29. The lowest BCUT2D eigenvalue weighted by Gasteiger charge is -2.06. The molecule has 0 saturated heterocycles. The number of halogens is 1. The van der Waals surface area contributed by atoms with Crippen molar-refractivity contribution in [1.82, 2.24) is 9.55 Å². The number of aromatic nitrogens is 2. The summed E-state index contributed by atoms with van der Waals surface area (Å²) in [6, 6.07) is 1.59. The molecule has 6 heteroatoms. The minimum absolute atomic E-state index is 0.0943. The number of aliphatic imine (C=N–C) groups is 1. The molecule has 0 fully saturated rings. The molecule has 17 heavy (non-hydrogen) atoms. The number of carbonyl (C=O) groups excluding carboxylic acids is 1. The van der Waals surface area contributed by atoms with Gasteiger partial charge in [-0.2, -0.15) is 0 Å². The molecule has 0 atom stereocenters. The maximum Gasteiger partial charge on any atom is 0.175 e. The van der Waals surface area contributed by atoms with Gasteiger partial charge in [0, 0.05) is 19.7 Å². The molecule has 0 bridgehead atoms. The molecule has 5 nitrogen and oxygen atoms in total. The summed E-state index contributed by atoms with van der Waals surface area (Å²) in [4.78, 5) is 18.6. The third kappa shape index (κ3) is 1.77. The molecule has 2 aromatic rings. The van der Waals surface area contributed by atoms with Crippen molar-refractivity contribution in [3.05, 3.63) is 23.8 Å². The molecule has 1 aromatic carbocycles. The average Bonchev–Trinajstić information content (AvgIpc) is 2.70. The molecular weight excluding hydrogens is 223 g/mol. The van der Waals surface area contributed by atoms with Crippen LogP contribution in [-0.2, 0) is 7.05 Å². The van der Waals surface area contributed by atoms with E-state index < -0.39 is 5.82 Å². The first-order valence-corrected chi connectivity index (χ1v) is 4.95. The summed E-state index contributed by atoms with van der Waals surface area (Å²) >= 11 is 0. The van der Waals surface area contributed by atoms with Crippen molar-refractivity contribution in [2.75, 3.05) is 12.4 Å². The van der Waals surface area contributed by atoms with Crippen LogP contribution in [0.25, 0.3) is 11.0 Å². The molecule has 0 unspecified atom stereocenters. The van der Waals surface area contributed by atoms with Gasteiger partial charge in [-0.05, 0) is 6.07 Å². The van der Waals surface area contributed by atoms with E-state index in [4.69, 9.17) is 0 Å². The zero-order valence-electron chi connectivity index (χ0n) is 9.44. The second-order valence-electron chi connectivity index (χ2n) is 3.53. The highest BCUT2D eigenvalue weighted by molar-refractivity contribution is 5.96. The molecular formula is C11H11FN4O. The summed E-state index contributed by atoms with van der Waals surface area (Å²) in [5, 5.41) is 2.64. The number of aldehydes is 1. The van der Waals surface area contributed by atoms with Crippen LogP contribution < -0.4 is 5.32 Å². The Bertz CT molecular complexity index is 603. The van der Waals surface area contributed by atoms with E-state index in [1.807, 2.05) is 0 Å². The van der Waals surface area contributed by atoms with Crippen molar-refractivity contribution < 1.29 is 9.18 Å². The van der Waals surface area contributed by atoms with Crippen molar-refractivity contribution in [2.45, 2.75) is 0 Å². The fraction of sp³-hybridized carbons (Fsp3) is 0.182. The van der Waals surface area contributed by atoms with Crippen molar-refractivity contribution in [3.8, 4) is 0 Å². The maximum atomic E-state index is 14.1. The minimum atomic E-state index is -0.551. The Labute approximate surface area is 97.0 Å². The largest absolute Gasteiger partial charge is 0.344 e. The first-order valence-electron chi connectivity index (χ1n) is 4.95. The Hall–Kier alpha value is -2.24. The number of fused-ring (bicyclic) bond motifs is 1. The van der Waals surface area contributed by atoms with Crippen LogP contribution in [0.5, 0.6) is 0 Å². The number of nitrogens with one attached hydrogen (secondary N) is 1. The van der Waals surface area contributed by atoms with E-state index in [2.05, 4.69) is 15.3 Å². The number of aryl methyl sites for hydroxylation is 1. The molecule has 1 N–H and O–H groups in total. The molecule has 1 heterocycles. The van der Waals surface area contributed by atoms with E-state index in [1.165, 1.54) is 12.7 Å². The van der Waals surface area contributed by atoms with E-state index in [0.717, 1.165) is 0 Å². The van der Waals surface area contributed by atoms with Gasteiger partial charge >= 0.3 is 0 Å². The summed E-state index contributed by atoms with van der Waals surface area (Å²) in [6.45, 7) is 0. The highest BCUT2D eigenvalue weighted by Crippen LogP contribution is 2.26. The van der Waals surface area contributed by atoms with Crippen LogP contribution in [0.4, 0.5) is 10.1 Å². The van der Waals surface area contributed by atoms with Gasteiger partial charge in [-0.15, -0.1) is 0 Å². The molecule has 0 aliphatic rings. The third-order valence-corrected chi connectivity index (χ3v) is 2.46. The molecule has 0 amide bonds. The predicted molar refractivity (Wildman–Crippen MR) is 64.1 cm³/mol. The number of hydrogen-bond donors (Lipinski definition) is 1. The third-order valence-electron chi connectivity index (χ3n) is 2.46. The van der Waals surface area contributed by atoms with Gasteiger partial charge in [0.1, 0.15) is 5.52 Å². The molecule has 2 rings (SSSR count). The van der Waals surface area contributed by atoms with E-state index in [0.29, 0.717) is 11.8 Å². The number of rotatable bonds is 3. The van der Waals surface area contributed by atoms with Crippen LogP contribution in [0.3, 0.4) is 0 Å². The number of anilines is 1. The topological polar surface area (TPSA) is 59.3 Å². The standard InChI is InChI=1S/C11H11FN4O/c1-13-5-14-10-7(4-17)3-8-11(9(10)12)15-6-16(8)2/h3-6H,1-2H3,(H,13,14). The van der Waals surface area contributed by atoms with Gasteiger partial charge in [0.25, 0.3) is 0 Å². The minimum Gasteiger partial charge on any atom is -0.344 e. The molecule has 0 aliphatic heterocycles. The van der Waals surface area contributed by atoms with Crippen molar-refractivity contribution in [3.63, 3.8) is 0 Å². The lowest BCUT2D eigenvalue weighted by Crippen LogP contribution is -2.03. The Balaban J connectivity index is 2.72. The van der Waals surface area contributed by atoms with E-state index in [-0.39, 0.29) is 16.8 Å². The van der Waals surface area contributed by atoms with Crippen LogP contribution in [-0.4, -0.2) is 29.2 Å². The van der Waals surface area contributed by atoms with E-state index in [1.54, 1.807) is 24.7 Å². The lowest BCUT2D eigenvalue weighted by molar-refractivity contribution is 0.112. The van der Waals surface area contributed by atoms with Gasteiger partial charge in [-0.1, -0.05) is 0 Å². The molecule has 0 radical (unpaired) electrons. The second kappa shape index (κ2) is 4.32. The number of imidazole rings is 1. The average molecular weight is 234 g/mol. The zero-order chi connectivity index (χ0) is 12.4. The summed E-state index contributed by atoms with van der Waals surface area (Å²) in [6.07, 6.45) is 3.42. The summed E-state index contributed by atoms with van der Waals surface area (Å²) < 4.78 is 15.8. The fourth-order valence-corrected chi connectivity index (χ4v) is 1.61. The van der Waals surface area contributed by atoms with E-state index in [9.17, 15) is 9.18 Å². The highest BCUT2D eigenvalue weighted by Gasteiger charge is 2.15. The normalized spacial score (nSPS) is 11.2. The predicted octanol–water partition coefficient (Wildman–Crippen LogP) is 1.59. The Morgan fingerprint density at radius 2 is 2.35 bits per heavy atom. The second-order valence-corrected chi connectivity index (χ2v) is 3.53. The first kappa shape index (κ1) is 11.3. The molecule has 0 saturated carbocycles. The van der Waals surface area contributed by atoms with Crippen LogP contribution >= 0.6 is 0 Å². The van der Waals surface area contributed by atoms with Gasteiger partial charge in [0.2, 0.25) is 0 Å². The van der Waals surface area contributed by atoms with E-state index >= 15 is 0 Å². The number of hydrogen-bond acceptors (Lipinski definition) is 3. The number of carbonyl (C=O) groups is 1. The molecule has 1 aromatic heterocycles. The van der Waals surface area contributed by atoms with Crippen molar-refractivity contribution >= 4 is 29.3 Å². The van der Waals surface area contributed by atoms with Crippen LogP contribution in [0, 0.1) is 5.82 Å². The molecule has 0 spiro atoms. The first-order chi connectivity index (χ1) is 8.19. The quantitative estimate of drug-likeness (QED) is 0.498. The SMILES string of the molecule is CN=CNc1c(C=O)cc2c(ncn2C)c1F. The van der Waals surface area contributed by atoms with Gasteiger partial charge in [-0.3, -0.25) is 9.79 Å². The van der Waals surface area contributed by atoms with Crippen LogP contribution in [0.15, 0.2) is 17.4 Å². The maximum absolute atomic E-state index is 14.1. The smallest absolute Gasteiger partial charge is 0.175 e. The van der Waals surface area contributed by atoms with Gasteiger partial charge in [0.05, 0.1) is 23.9 Å². The Morgan fingerprint density at radius 1 is 1.59 bits per heavy atom.